The van der Waals surface area contributed by atoms with Crippen molar-refractivity contribution in [3.63, 3.8) is 0 Å². The summed E-state index contributed by atoms with van der Waals surface area (Å²) in [5, 5.41) is 35.1. The van der Waals surface area contributed by atoms with Crippen molar-refractivity contribution >= 4 is 69.8 Å². The van der Waals surface area contributed by atoms with Crippen LogP contribution in [0.2, 0.25) is 0 Å². The van der Waals surface area contributed by atoms with E-state index in [-0.39, 0.29) is 64.1 Å². The number of benzene rings is 6. The number of nitrogens with zero attached hydrogens (tertiary/aromatic N) is 4. The lowest BCUT2D eigenvalue weighted by molar-refractivity contribution is -0.138. The van der Waals surface area contributed by atoms with Crippen LogP contribution in [0.1, 0.15) is 72.6 Å². The number of hydrogen-bond donors (Lipinski definition) is 3. The van der Waals surface area contributed by atoms with E-state index in [1.54, 1.807) is 79.8 Å². The minimum absolute atomic E-state index is 0.0379. The molecule has 8 rings (SSSR count). The number of Topliss-reactive ketones (excluding diaryl/α,β-unsaturated/α-hetero) is 1. The number of azo groups is 1. The van der Waals surface area contributed by atoms with Crippen LogP contribution in [0.4, 0.5) is 22.7 Å². The summed E-state index contributed by atoms with van der Waals surface area (Å²) in [7, 11) is 5.59. The number of nitriles is 1. The van der Waals surface area contributed by atoms with Crippen molar-refractivity contribution < 1.29 is 43.2 Å². The number of carbonyl (C=O) groups excluding carboxylic acids is 4. The normalized spacial score (nSPS) is 14.4. The zero-order valence-electron chi connectivity index (χ0n) is 36.9. The van der Waals surface area contributed by atoms with Crippen LogP contribution < -0.4 is 25.0 Å². The Hall–Kier alpha value is -8.68. The maximum atomic E-state index is 13.7. The SMILES string of the molecule is CNC(=S)Nc1ccc2c(c1)C(=O)OC21c2ccc(O)cc2Oc2cc(OC(=O)c3ccccc3/C=C(\C#N)C(=O)OCCCCC(=O)c3ccc(N=Nc4ccc(N(C)C)cc4)cc3)ccc21. The Morgan fingerprint density at radius 1 is 0.853 bits per heavy atom. The number of aromatic hydroxyl groups is 1. The van der Waals surface area contributed by atoms with E-state index in [0.29, 0.717) is 57.3 Å². The lowest BCUT2D eigenvalue weighted by Gasteiger charge is -2.36. The second-order valence-electron chi connectivity index (χ2n) is 15.8. The molecule has 2 aliphatic heterocycles. The van der Waals surface area contributed by atoms with Crippen LogP contribution in [0, 0.1) is 11.3 Å². The van der Waals surface area contributed by atoms with E-state index in [1.165, 1.54) is 36.4 Å². The van der Waals surface area contributed by atoms with Crippen LogP contribution in [0.3, 0.4) is 0 Å². The van der Waals surface area contributed by atoms with Gasteiger partial charge < -0.3 is 39.6 Å². The number of esters is 3. The first-order valence-electron chi connectivity index (χ1n) is 21.3. The van der Waals surface area contributed by atoms with Gasteiger partial charge in [0.25, 0.3) is 0 Å². The summed E-state index contributed by atoms with van der Waals surface area (Å²) in [6, 6.07) is 36.9. The molecule has 0 fully saturated rings. The molecule has 0 bridgehead atoms. The third kappa shape index (κ3) is 9.64. The van der Waals surface area contributed by atoms with E-state index in [1.807, 2.05) is 49.3 Å². The van der Waals surface area contributed by atoms with Crippen molar-refractivity contribution in [1.82, 2.24) is 5.32 Å². The van der Waals surface area contributed by atoms with Gasteiger partial charge >= 0.3 is 17.9 Å². The Morgan fingerprint density at radius 3 is 2.24 bits per heavy atom. The second kappa shape index (κ2) is 19.8. The van der Waals surface area contributed by atoms with Gasteiger partial charge in [0, 0.05) is 73.3 Å². The number of unbranched alkanes of at least 4 members (excludes halogenated alkanes) is 1. The van der Waals surface area contributed by atoms with Crippen LogP contribution >= 0.6 is 12.2 Å². The Kier molecular flexibility index (Phi) is 13.4. The summed E-state index contributed by atoms with van der Waals surface area (Å²) in [5.74, 6) is -2.00. The lowest BCUT2D eigenvalue weighted by atomic mass is 9.77. The summed E-state index contributed by atoms with van der Waals surface area (Å²) in [4.78, 5) is 55.2. The van der Waals surface area contributed by atoms with Crippen LogP contribution in [0.5, 0.6) is 23.0 Å². The highest BCUT2D eigenvalue weighted by Gasteiger charge is 2.53. The third-order valence-corrected chi connectivity index (χ3v) is 11.5. The van der Waals surface area contributed by atoms with Crippen molar-refractivity contribution in [2.24, 2.45) is 10.2 Å². The highest BCUT2D eigenvalue weighted by atomic mass is 32.1. The van der Waals surface area contributed by atoms with Gasteiger partial charge in [-0.3, -0.25) is 4.79 Å². The van der Waals surface area contributed by atoms with Gasteiger partial charge in [-0.15, -0.1) is 0 Å². The minimum atomic E-state index is -1.48. The van der Waals surface area contributed by atoms with Crippen molar-refractivity contribution in [3.05, 3.63) is 172 Å². The van der Waals surface area contributed by atoms with Gasteiger partial charge in [0.15, 0.2) is 16.5 Å². The number of carbonyl (C=O) groups is 4. The van der Waals surface area contributed by atoms with Gasteiger partial charge in [0.05, 0.1) is 29.1 Å². The highest BCUT2D eigenvalue weighted by Crippen LogP contribution is 2.57. The zero-order chi connectivity index (χ0) is 48.0. The molecule has 68 heavy (non-hydrogen) atoms. The lowest BCUT2D eigenvalue weighted by Crippen LogP contribution is -2.33. The van der Waals surface area contributed by atoms with Crippen LogP contribution in [0.25, 0.3) is 6.08 Å². The topological polar surface area (TPSA) is 201 Å². The quantitative estimate of drug-likeness (QED) is 0.0136. The van der Waals surface area contributed by atoms with E-state index in [0.717, 1.165) is 5.69 Å². The summed E-state index contributed by atoms with van der Waals surface area (Å²) >= 11 is 5.24. The molecule has 0 saturated heterocycles. The fourth-order valence-corrected chi connectivity index (χ4v) is 7.83. The molecular weight excluding hydrogens is 885 g/mol. The number of ether oxygens (including phenoxy) is 4. The largest absolute Gasteiger partial charge is 0.508 e. The predicted octanol–water partition coefficient (Wildman–Crippen LogP) is 10.1. The average Bonchev–Trinajstić information content (AvgIpc) is 3.63. The van der Waals surface area contributed by atoms with Crippen LogP contribution in [0.15, 0.2) is 143 Å². The smallest absolute Gasteiger partial charge is 0.348 e. The Bertz CT molecular complexity index is 3090. The van der Waals surface area contributed by atoms with Gasteiger partial charge in [0.1, 0.15) is 34.6 Å². The Morgan fingerprint density at radius 2 is 1.53 bits per heavy atom. The number of hydrogen-bond acceptors (Lipinski definition) is 14. The predicted molar refractivity (Wildman–Crippen MR) is 257 cm³/mol. The molecule has 1 spiro atoms. The first kappa shape index (κ1) is 45.9. The number of fused-ring (bicyclic) bond motifs is 6. The van der Waals surface area contributed by atoms with E-state index < -0.39 is 23.5 Å². The molecule has 0 aliphatic carbocycles. The molecule has 6 aromatic rings. The highest BCUT2D eigenvalue weighted by molar-refractivity contribution is 7.80. The number of thiocarbonyl (C=S) groups is 1. The molecule has 3 N–H and O–H groups in total. The minimum Gasteiger partial charge on any atom is -0.508 e. The van der Waals surface area contributed by atoms with E-state index in [9.17, 15) is 29.5 Å². The van der Waals surface area contributed by atoms with E-state index in [2.05, 4.69) is 20.9 Å². The number of anilines is 2. The maximum absolute atomic E-state index is 13.7. The van der Waals surface area contributed by atoms with E-state index in [4.69, 9.17) is 31.2 Å². The molecular formula is C52H42N6O9S. The number of phenolic OH excluding ortho intramolecular Hbond substituents is 1. The standard InChI is InChI=1S/C52H42N6O9S/c1-54-51(68)55-36-17-22-42-41(27-36)50(63)67-52(42)43-23-20-38(59)28-46(43)66-47-29-39(21-24-44(47)52)65-49(62)40-9-5-4-8-32(40)26-33(30-53)48(61)64-25-7-6-10-45(60)31-11-13-34(14-12-31)56-57-35-15-18-37(19-16-35)58(2)3/h4-5,8-9,11-24,26-29,59H,6-7,10,25H2,1-3H3,(H2,54,55,68)/b33-26+,57-56?. The molecule has 15 nitrogen and oxygen atoms in total. The maximum Gasteiger partial charge on any atom is 0.348 e. The first-order chi connectivity index (χ1) is 32.9. The van der Waals surface area contributed by atoms with Gasteiger partial charge in [0.2, 0.25) is 0 Å². The molecule has 1 unspecified atom stereocenters. The molecule has 0 aromatic heterocycles. The molecule has 0 saturated carbocycles. The summed E-state index contributed by atoms with van der Waals surface area (Å²) in [5.41, 5.74) is 3.60. The van der Waals surface area contributed by atoms with Gasteiger partial charge in [-0.05, 0) is 128 Å². The molecule has 1 atom stereocenters. The zero-order valence-corrected chi connectivity index (χ0v) is 37.8. The average molecular weight is 927 g/mol. The van der Waals surface area contributed by atoms with Crippen molar-refractivity contribution in [2.75, 3.05) is 38.0 Å². The molecule has 0 radical (unpaired) electrons. The van der Waals surface area contributed by atoms with Crippen LogP contribution in [-0.4, -0.2) is 61.7 Å². The van der Waals surface area contributed by atoms with Gasteiger partial charge in [-0.2, -0.15) is 15.5 Å². The van der Waals surface area contributed by atoms with Crippen molar-refractivity contribution in [2.45, 2.75) is 24.9 Å². The molecule has 16 heteroatoms. The molecule has 2 heterocycles. The number of rotatable bonds is 14. The molecule has 2 aliphatic rings. The van der Waals surface area contributed by atoms with Crippen molar-refractivity contribution in [1.29, 1.82) is 5.26 Å². The summed E-state index contributed by atoms with van der Waals surface area (Å²) < 4.78 is 23.7. The van der Waals surface area contributed by atoms with Crippen LogP contribution in [-0.2, 0) is 19.9 Å². The summed E-state index contributed by atoms with van der Waals surface area (Å²) in [6.07, 6.45) is 2.27. The fourth-order valence-electron chi connectivity index (χ4n) is 7.72. The Labute approximate surface area is 396 Å². The second-order valence-corrected chi connectivity index (χ2v) is 16.2. The third-order valence-electron chi connectivity index (χ3n) is 11.1. The fraction of sp³-hybridized carbons (Fsp3) is 0.154. The monoisotopic (exact) mass is 926 g/mol. The number of ketones is 1. The van der Waals surface area contributed by atoms with Gasteiger partial charge in [-0.1, -0.05) is 24.3 Å². The van der Waals surface area contributed by atoms with Crippen molar-refractivity contribution in [3.8, 4) is 29.1 Å². The van der Waals surface area contributed by atoms with E-state index >= 15 is 0 Å². The number of nitrogens with one attached hydrogen (secondary N) is 2. The number of phenols is 1. The first-order valence-corrected chi connectivity index (χ1v) is 21.7. The molecule has 340 valence electrons. The Balaban J connectivity index is 0.898. The van der Waals surface area contributed by atoms with Gasteiger partial charge in [-0.25, -0.2) is 14.4 Å². The molecule has 0 amide bonds. The summed E-state index contributed by atoms with van der Waals surface area (Å²) in [6.45, 7) is -0.0379. The molecule has 6 aromatic carbocycles.